The zero-order valence-corrected chi connectivity index (χ0v) is 19.2. The minimum absolute atomic E-state index is 0. The van der Waals surface area contributed by atoms with Crippen molar-refractivity contribution in [3.8, 4) is 0 Å². The van der Waals surface area contributed by atoms with Gasteiger partial charge in [-0.15, -0.1) is 24.0 Å². The van der Waals surface area contributed by atoms with E-state index in [-0.39, 0.29) is 29.9 Å². The number of guanidine groups is 1. The second-order valence-corrected chi connectivity index (χ2v) is 6.32. The van der Waals surface area contributed by atoms with E-state index in [4.69, 9.17) is 9.47 Å². The Hall–Kier alpha value is -0.610. The maximum Gasteiger partial charge on any atom is 0.242 e. The quantitative estimate of drug-likeness (QED) is 0.210. The second kappa shape index (κ2) is 15.4. The fourth-order valence-electron chi connectivity index (χ4n) is 2.74. The van der Waals surface area contributed by atoms with Gasteiger partial charge >= 0.3 is 0 Å². The fraction of sp³-hybridized carbons (Fsp3) is 0.889. The summed E-state index contributed by atoms with van der Waals surface area (Å²) in [5.41, 5.74) is 0. The molecule has 0 spiro atoms. The first kappa shape index (κ1) is 25.4. The van der Waals surface area contributed by atoms with E-state index >= 15 is 0 Å². The molecule has 1 atom stereocenters. The lowest BCUT2D eigenvalue weighted by Crippen LogP contribution is -2.45. The van der Waals surface area contributed by atoms with E-state index in [1.807, 2.05) is 37.6 Å². The van der Waals surface area contributed by atoms with E-state index in [2.05, 4.69) is 10.3 Å². The lowest BCUT2D eigenvalue weighted by molar-refractivity contribution is -0.131. The standard InChI is InChI=1S/C18H36N4O3.HI/c1-5-19-18(21(4)13-17(23)22(6-2)7-3)20-10-8-11-24-14-16-9-12-25-15-16;/h16H,5-15H2,1-4H3,(H,19,20);1H. The number of aliphatic imine (C=N–C) groups is 1. The van der Waals surface area contributed by atoms with Crippen LogP contribution in [0.1, 0.15) is 33.6 Å². The van der Waals surface area contributed by atoms with Crippen LogP contribution in [0.4, 0.5) is 0 Å². The minimum Gasteiger partial charge on any atom is -0.381 e. The van der Waals surface area contributed by atoms with Crippen molar-refractivity contribution in [2.75, 3.05) is 66.2 Å². The molecule has 0 radical (unpaired) electrons. The Morgan fingerprint density at radius 3 is 2.62 bits per heavy atom. The molecule has 154 valence electrons. The summed E-state index contributed by atoms with van der Waals surface area (Å²) in [6.45, 7) is 12.5. The van der Waals surface area contributed by atoms with Gasteiger partial charge in [-0.2, -0.15) is 0 Å². The molecule has 1 heterocycles. The average molecular weight is 484 g/mol. The summed E-state index contributed by atoms with van der Waals surface area (Å²) in [6.07, 6.45) is 1.98. The molecule has 1 saturated heterocycles. The van der Waals surface area contributed by atoms with Gasteiger partial charge in [-0.05, 0) is 33.6 Å². The highest BCUT2D eigenvalue weighted by atomic mass is 127. The largest absolute Gasteiger partial charge is 0.381 e. The SMILES string of the molecule is CCNC(=NCCCOCC1CCOC1)N(C)CC(=O)N(CC)CC.I. The van der Waals surface area contributed by atoms with E-state index in [0.29, 0.717) is 25.6 Å². The molecule has 1 aliphatic rings. The number of ether oxygens (including phenoxy) is 2. The zero-order chi connectivity index (χ0) is 18.5. The molecule has 7 nitrogen and oxygen atoms in total. The third kappa shape index (κ3) is 9.91. The monoisotopic (exact) mass is 484 g/mol. The second-order valence-electron chi connectivity index (χ2n) is 6.32. The van der Waals surface area contributed by atoms with Crippen LogP contribution in [-0.2, 0) is 14.3 Å². The molecular weight excluding hydrogens is 447 g/mol. The van der Waals surface area contributed by atoms with Gasteiger partial charge in [0.05, 0.1) is 19.8 Å². The highest BCUT2D eigenvalue weighted by Crippen LogP contribution is 2.12. The molecule has 1 amide bonds. The normalized spacial score (nSPS) is 16.9. The van der Waals surface area contributed by atoms with Crippen LogP contribution >= 0.6 is 24.0 Å². The van der Waals surface area contributed by atoms with Crippen LogP contribution in [0.15, 0.2) is 4.99 Å². The highest BCUT2D eigenvalue weighted by Gasteiger charge is 2.16. The summed E-state index contributed by atoms with van der Waals surface area (Å²) in [4.78, 5) is 20.6. The molecule has 1 fully saturated rings. The lowest BCUT2D eigenvalue weighted by Gasteiger charge is -2.25. The first-order valence-electron chi connectivity index (χ1n) is 9.54. The molecule has 1 N–H and O–H groups in total. The number of nitrogens with zero attached hydrogens (tertiary/aromatic N) is 3. The Morgan fingerprint density at radius 1 is 1.31 bits per heavy atom. The zero-order valence-electron chi connectivity index (χ0n) is 16.8. The summed E-state index contributed by atoms with van der Waals surface area (Å²) in [5.74, 6) is 1.45. The summed E-state index contributed by atoms with van der Waals surface area (Å²) >= 11 is 0. The molecule has 1 aliphatic heterocycles. The number of rotatable bonds is 11. The number of hydrogen-bond donors (Lipinski definition) is 1. The first-order valence-corrected chi connectivity index (χ1v) is 9.54. The van der Waals surface area contributed by atoms with E-state index in [9.17, 15) is 4.79 Å². The van der Waals surface area contributed by atoms with E-state index in [0.717, 1.165) is 58.3 Å². The third-order valence-corrected chi connectivity index (χ3v) is 4.27. The molecule has 1 rings (SSSR count). The molecule has 8 heteroatoms. The molecule has 0 saturated carbocycles. The summed E-state index contributed by atoms with van der Waals surface area (Å²) in [6, 6.07) is 0. The number of carbonyl (C=O) groups is 1. The van der Waals surface area contributed by atoms with E-state index in [1.54, 1.807) is 0 Å². The van der Waals surface area contributed by atoms with Crippen LogP contribution in [0.25, 0.3) is 0 Å². The van der Waals surface area contributed by atoms with Crippen LogP contribution in [0, 0.1) is 5.92 Å². The van der Waals surface area contributed by atoms with Crippen LogP contribution in [0.3, 0.4) is 0 Å². The van der Waals surface area contributed by atoms with Crippen molar-refractivity contribution < 1.29 is 14.3 Å². The maximum atomic E-state index is 12.2. The van der Waals surface area contributed by atoms with Gasteiger partial charge in [-0.1, -0.05) is 0 Å². The van der Waals surface area contributed by atoms with Gasteiger partial charge in [0.2, 0.25) is 5.91 Å². The van der Waals surface area contributed by atoms with Crippen LogP contribution in [0.5, 0.6) is 0 Å². The number of nitrogens with one attached hydrogen (secondary N) is 1. The Kier molecular flexibility index (Phi) is 15.1. The molecule has 0 aromatic heterocycles. The number of carbonyl (C=O) groups excluding carboxylic acids is 1. The smallest absolute Gasteiger partial charge is 0.242 e. The minimum atomic E-state index is 0. The van der Waals surface area contributed by atoms with Gasteiger partial charge in [-0.3, -0.25) is 9.79 Å². The lowest BCUT2D eigenvalue weighted by atomic mass is 10.1. The van der Waals surface area contributed by atoms with Gasteiger partial charge in [0.1, 0.15) is 0 Å². The van der Waals surface area contributed by atoms with Gasteiger partial charge < -0.3 is 24.6 Å². The van der Waals surface area contributed by atoms with E-state index in [1.165, 1.54) is 0 Å². The number of hydrogen-bond acceptors (Lipinski definition) is 4. The van der Waals surface area contributed by atoms with Crippen molar-refractivity contribution >= 4 is 35.8 Å². The number of likely N-dealkylation sites (N-methyl/N-ethyl adjacent to an activating group) is 2. The average Bonchev–Trinajstić information content (AvgIpc) is 3.11. The Balaban J connectivity index is 0.00000625. The topological polar surface area (TPSA) is 66.4 Å². The Morgan fingerprint density at radius 2 is 2.04 bits per heavy atom. The Bertz CT molecular complexity index is 400. The molecule has 0 aromatic carbocycles. The third-order valence-electron chi connectivity index (χ3n) is 4.27. The fourth-order valence-corrected chi connectivity index (χ4v) is 2.74. The molecule has 0 bridgehead atoms. The van der Waals surface area contributed by atoms with Crippen molar-refractivity contribution in [2.24, 2.45) is 10.9 Å². The molecule has 26 heavy (non-hydrogen) atoms. The summed E-state index contributed by atoms with van der Waals surface area (Å²) < 4.78 is 11.0. The van der Waals surface area contributed by atoms with Crippen LogP contribution < -0.4 is 5.32 Å². The number of amides is 1. The van der Waals surface area contributed by atoms with Crippen molar-refractivity contribution in [3.63, 3.8) is 0 Å². The van der Waals surface area contributed by atoms with Crippen LogP contribution in [-0.4, -0.2) is 87.9 Å². The van der Waals surface area contributed by atoms with Gasteiger partial charge in [-0.25, -0.2) is 0 Å². The van der Waals surface area contributed by atoms with Gasteiger partial charge in [0.15, 0.2) is 5.96 Å². The molecular formula is C18H37IN4O3. The van der Waals surface area contributed by atoms with E-state index < -0.39 is 0 Å². The van der Waals surface area contributed by atoms with Crippen molar-refractivity contribution in [1.29, 1.82) is 0 Å². The van der Waals surface area contributed by atoms with Crippen LogP contribution in [0.2, 0.25) is 0 Å². The van der Waals surface area contributed by atoms with Crippen molar-refractivity contribution in [3.05, 3.63) is 0 Å². The van der Waals surface area contributed by atoms with Gasteiger partial charge in [0, 0.05) is 52.4 Å². The predicted octanol–water partition coefficient (Wildman–Crippen LogP) is 1.81. The van der Waals surface area contributed by atoms with Crippen molar-refractivity contribution in [1.82, 2.24) is 15.1 Å². The maximum absolute atomic E-state index is 12.2. The predicted molar refractivity (Wildman–Crippen MR) is 116 cm³/mol. The first-order chi connectivity index (χ1) is 12.1. The summed E-state index contributed by atoms with van der Waals surface area (Å²) in [5, 5.41) is 3.25. The Labute approximate surface area is 175 Å². The highest BCUT2D eigenvalue weighted by molar-refractivity contribution is 14.0. The summed E-state index contributed by atoms with van der Waals surface area (Å²) in [7, 11) is 1.90. The molecule has 1 unspecified atom stereocenters. The number of halogens is 1. The van der Waals surface area contributed by atoms with Crippen molar-refractivity contribution in [2.45, 2.75) is 33.6 Å². The molecule has 0 aliphatic carbocycles. The van der Waals surface area contributed by atoms with Gasteiger partial charge in [0.25, 0.3) is 0 Å². The molecule has 0 aromatic rings.